The third-order valence-corrected chi connectivity index (χ3v) is 5.46. The summed E-state index contributed by atoms with van der Waals surface area (Å²) in [4.78, 5) is 17.1. The molecular formula is C21H29ClN2O4. The lowest BCUT2D eigenvalue weighted by atomic mass is 9.93. The molecule has 1 aromatic rings. The van der Waals surface area contributed by atoms with E-state index in [0.29, 0.717) is 43.3 Å². The number of carbonyl (C=O) groups is 1. The zero-order chi connectivity index (χ0) is 19.9. The quantitative estimate of drug-likeness (QED) is 0.703. The van der Waals surface area contributed by atoms with Gasteiger partial charge in [0.2, 0.25) is 6.29 Å². The second-order valence-electron chi connectivity index (χ2n) is 7.37. The highest BCUT2D eigenvalue weighted by Crippen LogP contribution is 2.32. The fourth-order valence-corrected chi connectivity index (χ4v) is 3.57. The Hall–Kier alpha value is -1.60. The van der Waals surface area contributed by atoms with E-state index < -0.39 is 6.29 Å². The number of allylic oxidation sites excluding steroid dienone is 1. The molecule has 0 aliphatic carbocycles. The van der Waals surface area contributed by atoms with Crippen LogP contribution in [0.3, 0.4) is 0 Å². The van der Waals surface area contributed by atoms with Gasteiger partial charge in [0.1, 0.15) is 0 Å². The summed E-state index contributed by atoms with van der Waals surface area (Å²) in [6, 6.07) is 7.68. The van der Waals surface area contributed by atoms with Crippen LogP contribution >= 0.6 is 11.6 Å². The van der Waals surface area contributed by atoms with Crippen molar-refractivity contribution >= 4 is 17.5 Å². The summed E-state index contributed by atoms with van der Waals surface area (Å²) in [7, 11) is 2.06. The Labute approximate surface area is 171 Å². The van der Waals surface area contributed by atoms with Crippen molar-refractivity contribution in [3.63, 3.8) is 0 Å². The molecular weight excluding hydrogens is 380 g/mol. The Morgan fingerprint density at radius 1 is 1.21 bits per heavy atom. The number of hydrogen-bond acceptors (Lipinski definition) is 5. The van der Waals surface area contributed by atoms with Gasteiger partial charge in [0, 0.05) is 50.1 Å². The molecule has 0 bridgehead atoms. The van der Waals surface area contributed by atoms with Crippen LogP contribution in [0.4, 0.5) is 0 Å². The van der Waals surface area contributed by atoms with Crippen LogP contribution in [-0.4, -0.2) is 73.5 Å². The Bertz CT molecular complexity index is 671. The first kappa shape index (κ1) is 21.1. The predicted octanol–water partition coefficient (Wildman–Crippen LogP) is 2.62. The molecule has 1 fully saturated rings. The third kappa shape index (κ3) is 5.70. The van der Waals surface area contributed by atoms with Crippen molar-refractivity contribution in [2.75, 3.05) is 46.4 Å². The summed E-state index contributed by atoms with van der Waals surface area (Å²) in [6.45, 7) is 3.76. The molecule has 28 heavy (non-hydrogen) atoms. The van der Waals surface area contributed by atoms with Crippen LogP contribution < -0.4 is 0 Å². The Morgan fingerprint density at radius 3 is 2.61 bits per heavy atom. The Balaban J connectivity index is 1.73. The van der Waals surface area contributed by atoms with Crippen LogP contribution in [0.15, 0.2) is 36.1 Å². The molecule has 0 spiro atoms. The van der Waals surface area contributed by atoms with Gasteiger partial charge in [-0.3, -0.25) is 4.79 Å². The van der Waals surface area contributed by atoms with Crippen LogP contribution in [-0.2, 0) is 14.3 Å². The maximum absolute atomic E-state index is 13.0. The lowest BCUT2D eigenvalue weighted by Gasteiger charge is -2.35. The maximum atomic E-state index is 13.0. The van der Waals surface area contributed by atoms with E-state index in [9.17, 15) is 4.79 Å². The summed E-state index contributed by atoms with van der Waals surface area (Å²) in [5.41, 5.74) is 1.08. The number of aliphatic hydroxyl groups excluding tert-OH is 1. The summed E-state index contributed by atoms with van der Waals surface area (Å²) in [5.74, 6) is 0.318. The molecule has 3 rings (SSSR count). The molecule has 1 saturated heterocycles. The molecule has 7 heteroatoms. The number of carbonyl (C=O) groups excluding carboxylic acids is 1. The van der Waals surface area contributed by atoms with Crippen molar-refractivity contribution in [3.05, 3.63) is 46.7 Å². The lowest BCUT2D eigenvalue weighted by Crippen LogP contribution is -2.48. The predicted molar refractivity (Wildman–Crippen MR) is 108 cm³/mol. The van der Waals surface area contributed by atoms with Gasteiger partial charge in [-0.1, -0.05) is 23.7 Å². The molecule has 0 radical (unpaired) electrons. The monoisotopic (exact) mass is 408 g/mol. The minimum absolute atomic E-state index is 0.0280. The van der Waals surface area contributed by atoms with Gasteiger partial charge < -0.3 is 24.4 Å². The molecule has 2 aliphatic rings. The number of piperazine rings is 1. The van der Waals surface area contributed by atoms with Crippen molar-refractivity contribution in [2.24, 2.45) is 0 Å². The lowest BCUT2D eigenvalue weighted by molar-refractivity contribution is -0.153. The van der Waals surface area contributed by atoms with Gasteiger partial charge in [-0.25, -0.2) is 0 Å². The topological polar surface area (TPSA) is 62.2 Å². The van der Waals surface area contributed by atoms with Crippen molar-refractivity contribution < 1.29 is 19.4 Å². The Kier molecular flexibility index (Phi) is 7.73. The highest BCUT2D eigenvalue weighted by molar-refractivity contribution is 6.30. The van der Waals surface area contributed by atoms with Crippen LogP contribution in [0, 0.1) is 0 Å². The first-order chi connectivity index (χ1) is 13.6. The third-order valence-electron chi connectivity index (χ3n) is 5.21. The number of hydrogen-bond donors (Lipinski definition) is 1. The van der Waals surface area contributed by atoms with Gasteiger partial charge in [0.25, 0.3) is 5.91 Å². The fraction of sp³-hybridized carbons (Fsp3) is 0.571. The molecule has 0 unspecified atom stereocenters. The first-order valence-electron chi connectivity index (χ1n) is 9.91. The van der Waals surface area contributed by atoms with E-state index in [1.54, 1.807) is 0 Å². The number of nitrogens with zero attached hydrogens (tertiary/aromatic N) is 2. The molecule has 2 aliphatic heterocycles. The molecule has 1 N–H and O–H groups in total. The van der Waals surface area contributed by atoms with E-state index in [2.05, 4.69) is 11.9 Å². The van der Waals surface area contributed by atoms with Crippen LogP contribution in [0.1, 0.15) is 30.7 Å². The SMILES string of the molecule is CN1CCN(C(=O)C2=C[C@H](c3ccc(Cl)cc3)C[C@H](OCCCCO)O2)CC1. The van der Waals surface area contributed by atoms with E-state index in [1.165, 1.54) is 0 Å². The van der Waals surface area contributed by atoms with E-state index in [0.717, 1.165) is 25.1 Å². The number of amides is 1. The van der Waals surface area contributed by atoms with Crippen molar-refractivity contribution in [1.82, 2.24) is 9.80 Å². The van der Waals surface area contributed by atoms with E-state index in [1.807, 2.05) is 35.2 Å². The minimum Gasteiger partial charge on any atom is -0.459 e. The average Bonchev–Trinajstić information content (AvgIpc) is 2.71. The zero-order valence-electron chi connectivity index (χ0n) is 16.3. The molecule has 0 saturated carbocycles. The van der Waals surface area contributed by atoms with E-state index in [-0.39, 0.29) is 18.4 Å². The van der Waals surface area contributed by atoms with Crippen LogP contribution in [0.25, 0.3) is 0 Å². The highest BCUT2D eigenvalue weighted by Gasteiger charge is 2.31. The number of likely N-dealkylation sites (N-methyl/N-ethyl adjacent to an activating group) is 1. The van der Waals surface area contributed by atoms with Crippen molar-refractivity contribution in [3.8, 4) is 0 Å². The van der Waals surface area contributed by atoms with Gasteiger partial charge in [-0.15, -0.1) is 0 Å². The first-order valence-corrected chi connectivity index (χ1v) is 10.3. The minimum atomic E-state index is -0.476. The number of rotatable bonds is 7. The molecule has 154 valence electrons. The number of halogens is 1. The van der Waals surface area contributed by atoms with Gasteiger partial charge in [-0.05, 0) is 43.7 Å². The number of benzene rings is 1. The molecule has 1 aromatic carbocycles. The molecule has 2 atom stereocenters. The van der Waals surface area contributed by atoms with Crippen molar-refractivity contribution in [2.45, 2.75) is 31.5 Å². The van der Waals surface area contributed by atoms with Gasteiger partial charge >= 0.3 is 0 Å². The smallest absolute Gasteiger partial charge is 0.288 e. The van der Waals surface area contributed by atoms with Crippen molar-refractivity contribution in [1.29, 1.82) is 0 Å². The van der Waals surface area contributed by atoms with Crippen LogP contribution in [0.5, 0.6) is 0 Å². The highest BCUT2D eigenvalue weighted by atomic mass is 35.5. The fourth-order valence-electron chi connectivity index (χ4n) is 3.45. The van der Waals surface area contributed by atoms with Gasteiger partial charge in [0.05, 0.1) is 6.61 Å². The second-order valence-corrected chi connectivity index (χ2v) is 7.81. The molecule has 6 nitrogen and oxygen atoms in total. The summed E-state index contributed by atoms with van der Waals surface area (Å²) < 4.78 is 11.8. The second kappa shape index (κ2) is 10.3. The molecule has 1 amide bonds. The van der Waals surface area contributed by atoms with Gasteiger partial charge in [0.15, 0.2) is 5.76 Å². The summed E-state index contributed by atoms with van der Waals surface area (Å²) >= 11 is 6.02. The largest absolute Gasteiger partial charge is 0.459 e. The molecule has 2 heterocycles. The molecule has 0 aromatic heterocycles. The number of aliphatic hydroxyl groups is 1. The zero-order valence-corrected chi connectivity index (χ0v) is 17.1. The maximum Gasteiger partial charge on any atom is 0.288 e. The average molecular weight is 409 g/mol. The van der Waals surface area contributed by atoms with Crippen LogP contribution in [0.2, 0.25) is 5.02 Å². The Morgan fingerprint density at radius 2 is 1.93 bits per heavy atom. The summed E-state index contributed by atoms with van der Waals surface area (Å²) in [6.07, 6.45) is 3.53. The van der Waals surface area contributed by atoms with E-state index >= 15 is 0 Å². The van der Waals surface area contributed by atoms with Gasteiger partial charge in [-0.2, -0.15) is 0 Å². The van der Waals surface area contributed by atoms with E-state index in [4.69, 9.17) is 26.2 Å². The normalized spacial score (nSPS) is 23.2. The number of ether oxygens (including phenoxy) is 2. The number of unbranched alkanes of at least 4 members (excludes halogenated alkanes) is 1. The summed E-state index contributed by atoms with van der Waals surface area (Å²) in [5, 5.41) is 9.62. The standard InChI is InChI=1S/C21H29ClN2O4/c1-23-8-10-24(11-9-23)21(26)19-14-17(16-4-6-18(22)7-5-16)15-20(28-19)27-13-3-2-12-25/h4-7,14,17,20,25H,2-3,8-13,15H2,1H3/t17-,20+/m0/s1.